The van der Waals surface area contributed by atoms with Crippen molar-refractivity contribution in [2.45, 2.75) is 13.3 Å². The maximum absolute atomic E-state index is 11.1. The van der Waals surface area contributed by atoms with Gasteiger partial charge < -0.3 is 0 Å². The van der Waals surface area contributed by atoms with Crippen LogP contribution in [0.25, 0.3) is 0 Å². The van der Waals surface area contributed by atoms with Gasteiger partial charge in [0.15, 0.2) is 0 Å². The first kappa shape index (κ1) is 12.4. The van der Waals surface area contributed by atoms with E-state index in [9.17, 15) is 8.42 Å². The molecule has 0 saturated heterocycles. The van der Waals surface area contributed by atoms with E-state index in [4.69, 9.17) is 0 Å². The monoisotopic (exact) mass is 345 g/mol. The fourth-order valence-electron chi connectivity index (χ4n) is 0.918. The van der Waals surface area contributed by atoms with Gasteiger partial charge in [-0.3, -0.25) is 0 Å². The summed E-state index contributed by atoms with van der Waals surface area (Å²) in [4.78, 5) is 1.22. The van der Waals surface area contributed by atoms with E-state index in [1.807, 2.05) is 12.1 Å². The lowest BCUT2D eigenvalue weighted by Crippen LogP contribution is -2.27. The minimum absolute atomic E-state index is 0.148. The molecule has 1 aromatic rings. The summed E-state index contributed by atoms with van der Waals surface area (Å²) in [7, 11) is -3.03. The van der Waals surface area contributed by atoms with Crippen LogP contribution in [0.4, 0.5) is 0 Å². The molecule has 0 radical (unpaired) electrons. The van der Waals surface area contributed by atoms with Crippen LogP contribution in [-0.2, 0) is 16.4 Å². The van der Waals surface area contributed by atoms with Crippen LogP contribution in [0.3, 0.4) is 0 Å². The molecule has 0 aromatic carbocycles. The molecule has 1 N–H and O–H groups in total. The van der Waals surface area contributed by atoms with E-state index < -0.39 is 10.0 Å². The number of hydrogen-bond acceptors (Lipinski definition) is 3. The highest BCUT2D eigenvalue weighted by Gasteiger charge is 2.05. The van der Waals surface area contributed by atoms with Gasteiger partial charge in [-0.25, -0.2) is 13.1 Å². The molecule has 6 heteroatoms. The second-order valence-electron chi connectivity index (χ2n) is 2.75. The molecule has 0 fully saturated rings. The molecular formula is C8H12INO2S2. The number of thiophene rings is 1. The third kappa shape index (κ3) is 4.24. The van der Waals surface area contributed by atoms with Crippen molar-refractivity contribution in [1.29, 1.82) is 0 Å². The molecule has 14 heavy (non-hydrogen) atoms. The first-order chi connectivity index (χ1) is 6.53. The van der Waals surface area contributed by atoms with Gasteiger partial charge in [0.05, 0.1) is 8.64 Å². The summed E-state index contributed by atoms with van der Waals surface area (Å²) < 4.78 is 25.9. The van der Waals surface area contributed by atoms with Gasteiger partial charge in [-0.15, -0.1) is 11.3 Å². The molecule has 0 aliphatic heterocycles. The first-order valence-electron chi connectivity index (χ1n) is 4.25. The maximum Gasteiger partial charge on any atom is 0.211 e. The predicted octanol–water partition coefficient (Wildman–Crippen LogP) is 1.83. The Morgan fingerprint density at radius 3 is 2.71 bits per heavy atom. The van der Waals surface area contributed by atoms with Crippen LogP contribution >= 0.6 is 33.9 Å². The van der Waals surface area contributed by atoms with Crippen LogP contribution in [0.15, 0.2) is 12.1 Å². The van der Waals surface area contributed by atoms with Crippen molar-refractivity contribution < 1.29 is 8.42 Å². The number of nitrogens with one attached hydrogen (secondary N) is 1. The van der Waals surface area contributed by atoms with Crippen molar-refractivity contribution in [3.63, 3.8) is 0 Å². The second-order valence-corrected chi connectivity index (χ2v) is 7.91. The highest BCUT2D eigenvalue weighted by atomic mass is 127. The van der Waals surface area contributed by atoms with Gasteiger partial charge in [-0.1, -0.05) is 0 Å². The summed E-state index contributed by atoms with van der Waals surface area (Å²) >= 11 is 3.95. The van der Waals surface area contributed by atoms with E-state index in [0.29, 0.717) is 6.54 Å². The van der Waals surface area contributed by atoms with E-state index in [2.05, 4.69) is 27.3 Å². The van der Waals surface area contributed by atoms with Gasteiger partial charge in [0.1, 0.15) is 0 Å². The lowest BCUT2D eigenvalue weighted by Gasteiger charge is -2.02. The smallest absolute Gasteiger partial charge is 0.211 e. The molecule has 80 valence electrons. The summed E-state index contributed by atoms with van der Waals surface area (Å²) in [6.07, 6.45) is 0.771. The van der Waals surface area contributed by atoms with Gasteiger partial charge in [-0.2, -0.15) is 0 Å². The van der Waals surface area contributed by atoms with Gasteiger partial charge in [0.2, 0.25) is 10.0 Å². The first-order valence-corrected chi connectivity index (χ1v) is 7.80. The molecule has 0 aliphatic rings. The van der Waals surface area contributed by atoms with Crippen molar-refractivity contribution >= 4 is 44.0 Å². The summed E-state index contributed by atoms with van der Waals surface area (Å²) in [5.74, 6) is 0.148. The second kappa shape index (κ2) is 5.43. The SMILES string of the molecule is CCS(=O)(=O)NCCc1ccc(I)s1. The van der Waals surface area contributed by atoms with E-state index in [1.165, 1.54) is 7.76 Å². The highest BCUT2D eigenvalue weighted by Crippen LogP contribution is 2.18. The minimum atomic E-state index is -3.03. The zero-order valence-electron chi connectivity index (χ0n) is 7.79. The number of hydrogen-bond donors (Lipinski definition) is 1. The van der Waals surface area contributed by atoms with Gasteiger partial charge in [0, 0.05) is 11.4 Å². The van der Waals surface area contributed by atoms with Crippen LogP contribution in [0, 0.1) is 2.88 Å². The van der Waals surface area contributed by atoms with Gasteiger partial charge >= 0.3 is 0 Å². The molecular weight excluding hydrogens is 333 g/mol. The third-order valence-corrected chi connectivity index (χ3v) is 5.06. The van der Waals surface area contributed by atoms with Crippen LogP contribution in [0.5, 0.6) is 0 Å². The normalized spacial score (nSPS) is 11.9. The summed E-state index contributed by atoms with van der Waals surface area (Å²) in [5, 5.41) is 0. The maximum atomic E-state index is 11.1. The molecule has 0 unspecified atom stereocenters. The lowest BCUT2D eigenvalue weighted by molar-refractivity contribution is 0.583. The molecule has 0 bridgehead atoms. The van der Waals surface area contributed by atoms with Crippen molar-refractivity contribution in [3.8, 4) is 0 Å². The summed E-state index contributed by atoms with van der Waals surface area (Å²) in [6, 6.07) is 4.07. The average molecular weight is 345 g/mol. The number of sulfonamides is 1. The predicted molar refractivity (Wildman–Crippen MR) is 68.2 cm³/mol. The van der Waals surface area contributed by atoms with Crippen LogP contribution in [0.1, 0.15) is 11.8 Å². The standard InChI is InChI=1S/C8H12INO2S2/c1-2-14(11,12)10-6-5-7-3-4-8(9)13-7/h3-4,10H,2,5-6H2,1H3. The topological polar surface area (TPSA) is 46.2 Å². The fourth-order valence-corrected chi connectivity index (χ4v) is 3.29. The number of rotatable bonds is 5. The molecule has 3 nitrogen and oxygen atoms in total. The molecule has 0 spiro atoms. The molecule has 0 atom stereocenters. The Morgan fingerprint density at radius 2 is 2.21 bits per heavy atom. The Balaban J connectivity index is 2.36. The van der Waals surface area contributed by atoms with Crippen LogP contribution in [-0.4, -0.2) is 20.7 Å². The third-order valence-electron chi connectivity index (χ3n) is 1.70. The Labute approximate surface area is 102 Å². The van der Waals surface area contributed by atoms with E-state index in [-0.39, 0.29) is 5.75 Å². The lowest BCUT2D eigenvalue weighted by atomic mass is 10.3. The van der Waals surface area contributed by atoms with E-state index in [1.54, 1.807) is 18.3 Å². The molecule has 1 rings (SSSR count). The highest BCUT2D eigenvalue weighted by molar-refractivity contribution is 14.1. The molecule has 1 heterocycles. The molecule has 0 amide bonds. The van der Waals surface area contributed by atoms with Crippen molar-refractivity contribution in [3.05, 3.63) is 19.9 Å². The molecule has 0 saturated carbocycles. The Hall–Kier alpha value is 0.340. The number of halogens is 1. The van der Waals surface area contributed by atoms with Crippen molar-refractivity contribution in [2.24, 2.45) is 0 Å². The summed E-state index contributed by atoms with van der Waals surface area (Å²) in [5.41, 5.74) is 0. The van der Waals surface area contributed by atoms with Crippen molar-refractivity contribution in [2.75, 3.05) is 12.3 Å². The zero-order chi connectivity index (χ0) is 10.6. The van der Waals surface area contributed by atoms with Gasteiger partial charge in [0.25, 0.3) is 0 Å². The fraction of sp³-hybridized carbons (Fsp3) is 0.500. The molecule has 1 aromatic heterocycles. The van der Waals surface area contributed by atoms with Crippen LogP contribution in [0.2, 0.25) is 0 Å². The zero-order valence-corrected chi connectivity index (χ0v) is 11.6. The van der Waals surface area contributed by atoms with Crippen LogP contribution < -0.4 is 4.72 Å². The van der Waals surface area contributed by atoms with Gasteiger partial charge in [-0.05, 0) is 48.1 Å². The Kier molecular flexibility index (Phi) is 4.81. The van der Waals surface area contributed by atoms with Crippen molar-refractivity contribution in [1.82, 2.24) is 4.72 Å². The Bertz CT molecular complexity index is 386. The average Bonchev–Trinajstić information content (AvgIpc) is 2.51. The summed E-state index contributed by atoms with van der Waals surface area (Å²) in [6.45, 7) is 2.13. The minimum Gasteiger partial charge on any atom is -0.215 e. The Morgan fingerprint density at radius 1 is 1.50 bits per heavy atom. The molecule has 0 aliphatic carbocycles. The van der Waals surface area contributed by atoms with E-state index >= 15 is 0 Å². The quantitative estimate of drug-likeness (QED) is 0.828. The van der Waals surface area contributed by atoms with E-state index in [0.717, 1.165) is 6.42 Å². The largest absolute Gasteiger partial charge is 0.215 e.